The summed E-state index contributed by atoms with van der Waals surface area (Å²) >= 11 is 0. The first kappa shape index (κ1) is 14.2. The molecule has 1 fully saturated rings. The summed E-state index contributed by atoms with van der Waals surface area (Å²) < 4.78 is 5.36. The highest BCUT2D eigenvalue weighted by Crippen LogP contribution is 2.27. The molecular weight excluding hydrogens is 264 g/mol. The number of nitrogens with one attached hydrogen (secondary N) is 2. The number of nitrogens with two attached hydrogens (primary N) is 1. The van der Waals surface area contributed by atoms with E-state index in [0.717, 1.165) is 0 Å². The van der Waals surface area contributed by atoms with E-state index in [1.807, 2.05) is 6.92 Å². The number of nitrogens with zero attached hydrogens (tertiary/aromatic N) is 1. The Bertz CT molecular complexity index is 534. The van der Waals surface area contributed by atoms with Gasteiger partial charge in [-0.1, -0.05) is 6.07 Å². The maximum absolute atomic E-state index is 12.2. The molecule has 0 saturated carbocycles. The minimum atomic E-state index is -0.590. The minimum absolute atomic E-state index is 0.00145. The molecule has 2 unspecified atom stereocenters. The molecule has 8 heteroatoms. The molecule has 1 amide bonds. The molecule has 0 radical (unpaired) electrons. The molecule has 4 N–H and O–H groups in total. The van der Waals surface area contributed by atoms with Gasteiger partial charge in [-0.15, -0.1) is 0 Å². The zero-order chi connectivity index (χ0) is 14.7. The summed E-state index contributed by atoms with van der Waals surface area (Å²) in [6.45, 7) is 2.45. The molecule has 0 spiro atoms. The Morgan fingerprint density at radius 2 is 2.30 bits per heavy atom. The molecule has 1 heterocycles. The molecule has 1 saturated heterocycles. The molecule has 0 aromatic heterocycles. The van der Waals surface area contributed by atoms with E-state index in [2.05, 4.69) is 10.7 Å². The molecule has 8 nitrogen and oxygen atoms in total. The third-order valence-corrected chi connectivity index (χ3v) is 3.32. The summed E-state index contributed by atoms with van der Waals surface area (Å²) in [4.78, 5) is 22.5. The van der Waals surface area contributed by atoms with Gasteiger partial charge in [-0.2, -0.15) is 0 Å². The van der Waals surface area contributed by atoms with Crippen LogP contribution >= 0.6 is 0 Å². The van der Waals surface area contributed by atoms with E-state index >= 15 is 0 Å². The van der Waals surface area contributed by atoms with Crippen molar-refractivity contribution in [2.45, 2.75) is 25.5 Å². The predicted molar refractivity (Wildman–Crippen MR) is 72.2 cm³/mol. The van der Waals surface area contributed by atoms with Crippen LogP contribution in [0.15, 0.2) is 18.2 Å². The number of nitro benzene ring substituents is 1. The number of nitro groups is 1. The smallest absolute Gasteiger partial charge is 0.294 e. The lowest BCUT2D eigenvalue weighted by Crippen LogP contribution is -2.39. The number of benzene rings is 1. The molecule has 1 aliphatic heterocycles. The Balaban J connectivity index is 2.25. The third-order valence-electron chi connectivity index (χ3n) is 3.32. The molecule has 2 atom stereocenters. The monoisotopic (exact) mass is 280 g/mol. The molecular formula is C12H16N4O4. The topological polar surface area (TPSA) is 120 Å². The lowest BCUT2D eigenvalue weighted by atomic mass is 10.1. The number of hydrazine groups is 1. The summed E-state index contributed by atoms with van der Waals surface area (Å²) in [5.41, 5.74) is 2.13. The van der Waals surface area contributed by atoms with E-state index in [9.17, 15) is 14.9 Å². The summed E-state index contributed by atoms with van der Waals surface area (Å²) in [6.07, 6.45) is 0.639. The number of amides is 1. The van der Waals surface area contributed by atoms with Gasteiger partial charge in [0.15, 0.2) is 0 Å². The molecule has 1 aromatic rings. The quantitative estimate of drug-likeness (QED) is 0.426. The third kappa shape index (κ3) is 2.70. The second kappa shape index (κ2) is 5.85. The first-order valence-electron chi connectivity index (χ1n) is 6.21. The first-order valence-corrected chi connectivity index (χ1v) is 6.21. The molecule has 20 heavy (non-hydrogen) atoms. The van der Waals surface area contributed by atoms with Crippen molar-refractivity contribution in [3.8, 4) is 0 Å². The van der Waals surface area contributed by atoms with Gasteiger partial charge in [0.25, 0.3) is 11.6 Å². The van der Waals surface area contributed by atoms with Crippen LogP contribution in [0.1, 0.15) is 23.7 Å². The fraction of sp³-hybridized carbons (Fsp3) is 0.417. The van der Waals surface area contributed by atoms with E-state index in [1.54, 1.807) is 0 Å². The van der Waals surface area contributed by atoms with Crippen molar-refractivity contribution in [2.75, 3.05) is 12.0 Å². The number of para-hydroxylation sites is 1. The van der Waals surface area contributed by atoms with Crippen LogP contribution in [0.25, 0.3) is 0 Å². The van der Waals surface area contributed by atoms with Crippen molar-refractivity contribution in [2.24, 2.45) is 5.84 Å². The maximum atomic E-state index is 12.2. The number of carbonyl (C=O) groups is 1. The maximum Gasteiger partial charge on any atom is 0.294 e. The van der Waals surface area contributed by atoms with Gasteiger partial charge in [0, 0.05) is 12.7 Å². The van der Waals surface area contributed by atoms with Crippen molar-refractivity contribution in [3.63, 3.8) is 0 Å². The highest BCUT2D eigenvalue weighted by Gasteiger charge is 2.28. The Labute approximate surface area is 115 Å². The van der Waals surface area contributed by atoms with Crippen LogP contribution < -0.4 is 16.6 Å². The number of rotatable bonds is 4. The van der Waals surface area contributed by atoms with Gasteiger partial charge in [0.05, 0.1) is 22.6 Å². The van der Waals surface area contributed by atoms with Crippen LogP contribution in [-0.2, 0) is 4.74 Å². The lowest BCUT2D eigenvalue weighted by molar-refractivity contribution is -0.384. The molecule has 0 aliphatic carbocycles. The standard InChI is InChI=1S/C12H16N4O4/c1-7-9(5-6-20-7)14-12(17)8-3-2-4-10(16(18)19)11(8)15-13/h2-4,7,9,15H,5-6,13H2,1H3,(H,14,17). The Morgan fingerprint density at radius 3 is 2.85 bits per heavy atom. The molecule has 1 aliphatic rings. The summed E-state index contributed by atoms with van der Waals surface area (Å²) in [5.74, 6) is 4.89. The Kier molecular flexibility index (Phi) is 4.16. The Hall–Kier alpha value is -2.19. The largest absolute Gasteiger partial charge is 0.376 e. The van der Waals surface area contributed by atoms with Crippen LogP contribution in [0.3, 0.4) is 0 Å². The average Bonchev–Trinajstić information content (AvgIpc) is 2.83. The van der Waals surface area contributed by atoms with Crippen molar-refractivity contribution < 1.29 is 14.5 Å². The molecule has 108 valence electrons. The molecule has 0 bridgehead atoms. The average molecular weight is 280 g/mol. The van der Waals surface area contributed by atoms with Gasteiger partial charge in [0.2, 0.25) is 0 Å². The molecule has 2 rings (SSSR count). The lowest BCUT2D eigenvalue weighted by Gasteiger charge is -2.17. The van der Waals surface area contributed by atoms with Gasteiger partial charge in [-0.3, -0.25) is 20.8 Å². The van der Waals surface area contributed by atoms with Crippen molar-refractivity contribution >= 4 is 17.3 Å². The van der Waals surface area contributed by atoms with Crippen LogP contribution in [0, 0.1) is 10.1 Å². The van der Waals surface area contributed by atoms with Gasteiger partial charge in [-0.25, -0.2) is 0 Å². The van der Waals surface area contributed by atoms with E-state index in [1.165, 1.54) is 18.2 Å². The predicted octanol–water partition coefficient (Wildman–Crippen LogP) is 0.788. The van der Waals surface area contributed by atoms with Gasteiger partial charge >= 0.3 is 0 Å². The van der Waals surface area contributed by atoms with Crippen molar-refractivity contribution in [3.05, 3.63) is 33.9 Å². The van der Waals surface area contributed by atoms with Crippen LogP contribution in [0.5, 0.6) is 0 Å². The highest BCUT2D eigenvalue weighted by atomic mass is 16.6. The summed E-state index contributed by atoms with van der Waals surface area (Å²) in [7, 11) is 0. The zero-order valence-corrected chi connectivity index (χ0v) is 11.0. The van der Waals surface area contributed by atoms with Crippen LogP contribution in [0.2, 0.25) is 0 Å². The first-order chi connectivity index (χ1) is 9.54. The zero-order valence-electron chi connectivity index (χ0n) is 11.0. The summed E-state index contributed by atoms with van der Waals surface area (Å²) in [5, 5.41) is 13.7. The van der Waals surface area contributed by atoms with Crippen LogP contribution in [0.4, 0.5) is 11.4 Å². The fourth-order valence-electron chi connectivity index (χ4n) is 2.20. The van der Waals surface area contributed by atoms with Crippen LogP contribution in [-0.4, -0.2) is 29.6 Å². The van der Waals surface area contributed by atoms with E-state index in [-0.39, 0.29) is 29.1 Å². The van der Waals surface area contributed by atoms with E-state index < -0.39 is 10.8 Å². The molecule has 1 aromatic carbocycles. The number of nitrogen functional groups attached to an aromatic ring is 1. The second-order valence-corrected chi connectivity index (χ2v) is 4.55. The van der Waals surface area contributed by atoms with Gasteiger partial charge in [-0.05, 0) is 19.4 Å². The number of hydrogen-bond donors (Lipinski definition) is 3. The Morgan fingerprint density at radius 1 is 1.55 bits per heavy atom. The van der Waals surface area contributed by atoms with Crippen molar-refractivity contribution in [1.82, 2.24) is 5.32 Å². The second-order valence-electron chi connectivity index (χ2n) is 4.55. The summed E-state index contributed by atoms with van der Waals surface area (Å²) in [6, 6.07) is 4.11. The normalized spacial score (nSPS) is 21.5. The number of ether oxygens (including phenoxy) is 1. The van der Waals surface area contributed by atoms with Crippen molar-refractivity contribution in [1.29, 1.82) is 0 Å². The van der Waals surface area contributed by atoms with Gasteiger partial charge < -0.3 is 15.5 Å². The van der Waals surface area contributed by atoms with Gasteiger partial charge in [0.1, 0.15) is 5.69 Å². The minimum Gasteiger partial charge on any atom is -0.376 e. The highest BCUT2D eigenvalue weighted by molar-refractivity contribution is 6.01. The van der Waals surface area contributed by atoms with E-state index in [0.29, 0.717) is 13.0 Å². The van der Waals surface area contributed by atoms with E-state index in [4.69, 9.17) is 10.6 Å². The number of anilines is 1. The number of carbonyl (C=O) groups excluding carboxylic acids is 1. The SMILES string of the molecule is CC1OCCC1NC(=O)c1cccc([N+](=O)[O-])c1NN. The number of hydrogen-bond acceptors (Lipinski definition) is 6. The fourth-order valence-corrected chi connectivity index (χ4v) is 2.20.